The molecule has 1 saturated heterocycles. The molecule has 1 aliphatic heterocycles. The topological polar surface area (TPSA) is 40.5 Å². The molecule has 0 aromatic rings. The van der Waals surface area contributed by atoms with Crippen molar-refractivity contribution in [1.82, 2.24) is 4.90 Å². The van der Waals surface area contributed by atoms with Gasteiger partial charge in [0.15, 0.2) is 0 Å². The third-order valence-electron chi connectivity index (χ3n) is 2.29. The normalized spacial score (nSPS) is 29.6. The summed E-state index contributed by atoms with van der Waals surface area (Å²) in [6.45, 7) is 2.33. The number of carboxylic acids is 1. The number of nitrogens with zero attached hydrogens (tertiary/aromatic N) is 1. The molecule has 2 atom stereocenters. The zero-order valence-electron chi connectivity index (χ0n) is 7.49. The molecule has 1 fully saturated rings. The minimum absolute atomic E-state index is 0.162. The van der Waals surface area contributed by atoms with Crippen molar-refractivity contribution < 1.29 is 9.90 Å². The Morgan fingerprint density at radius 2 is 2.42 bits per heavy atom. The predicted octanol–water partition coefficient (Wildman–Crippen LogP) is 0.897. The molecule has 4 heteroatoms. The van der Waals surface area contributed by atoms with Crippen LogP contribution in [0.15, 0.2) is 0 Å². The first-order chi connectivity index (χ1) is 5.61. The third-order valence-corrected chi connectivity index (χ3v) is 3.60. The van der Waals surface area contributed by atoms with Crippen LogP contribution in [-0.4, -0.2) is 46.6 Å². The van der Waals surface area contributed by atoms with E-state index in [-0.39, 0.29) is 6.54 Å². The summed E-state index contributed by atoms with van der Waals surface area (Å²) < 4.78 is 0. The zero-order chi connectivity index (χ0) is 9.14. The first-order valence-corrected chi connectivity index (χ1v) is 5.19. The van der Waals surface area contributed by atoms with Gasteiger partial charge in [-0.15, -0.1) is 0 Å². The van der Waals surface area contributed by atoms with Gasteiger partial charge < -0.3 is 5.11 Å². The quantitative estimate of drug-likeness (QED) is 0.716. The summed E-state index contributed by atoms with van der Waals surface area (Å²) in [5.41, 5.74) is 0. The Hall–Kier alpha value is -0.220. The van der Waals surface area contributed by atoms with Gasteiger partial charge in [-0.1, -0.05) is 6.92 Å². The van der Waals surface area contributed by atoms with Crippen LogP contribution >= 0.6 is 11.8 Å². The maximum absolute atomic E-state index is 10.4. The second-order valence-electron chi connectivity index (χ2n) is 3.24. The van der Waals surface area contributed by atoms with Gasteiger partial charge in [-0.2, -0.15) is 11.8 Å². The smallest absolute Gasteiger partial charge is 0.317 e. The lowest BCUT2D eigenvalue weighted by atomic mass is 10.1. The molecule has 0 bridgehead atoms. The summed E-state index contributed by atoms with van der Waals surface area (Å²) in [5, 5.41) is 9.16. The molecule has 1 heterocycles. The van der Waals surface area contributed by atoms with E-state index in [1.165, 1.54) is 0 Å². The Morgan fingerprint density at radius 3 is 2.83 bits per heavy atom. The highest BCUT2D eigenvalue weighted by atomic mass is 32.2. The Balaban J connectivity index is 2.40. The van der Waals surface area contributed by atoms with Crippen molar-refractivity contribution in [1.29, 1.82) is 0 Å². The van der Waals surface area contributed by atoms with Crippen molar-refractivity contribution >= 4 is 17.7 Å². The fourth-order valence-electron chi connectivity index (χ4n) is 1.63. The standard InChI is InChI=1S/C8H15NO2S/c1-6-7(3-4-12-6)9(2)5-8(10)11/h6-7H,3-5H2,1-2H3,(H,10,11). The van der Waals surface area contributed by atoms with Crippen LogP contribution in [0.5, 0.6) is 0 Å². The van der Waals surface area contributed by atoms with Gasteiger partial charge >= 0.3 is 5.97 Å². The fourth-order valence-corrected chi connectivity index (χ4v) is 2.95. The van der Waals surface area contributed by atoms with Crippen LogP contribution in [0.25, 0.3) is 0 Å². The molecule has 1 rings (SSSR count). The Bertz CT molecular complexity index is 174. The van der Waals surface area contributed by atoms with Crippen LogP contribution in [0.1, 0.15) is 13.3 Å². The number of carboxylic acid groups (broad SMARTS) is 1. The molecule has 0 aromatic heterocycles. The van der Waals surface area contributed by atoms with Crippen LogP contribution in [-0.2, 0) is 4.79 Å². The second kappa shape index (κ2) is 4.14. The molecule has 0 spiro atoms. The lowest BCUT2D eigenvalue weighted by Gasteiger charge is -2.25. The van der Waals surface area contributed by atoms with E-state index in [0.29, 0.717) is 11.3 Å². The van der Waals surface area contributed by atoms with Gasteiger partial charge in [0.2, 0.25) is 0 Å². The molecule has 2 unspecified atom stereocenters. The Kier molecular flexibility index (Phi) is 3.40. The SMILES string of the molecule is CC1SCCC1N(C)CC(=O)O. The molecule has 0 amide bonds. The van der Waals surface area contributed by atoms with Gasteiger partial charge in [-0.25, -0.2) is 0 Å². The lowest BCUT2D eigenvalue weighted by Crippen LogP contribution is -2.38. The van der Waals surface area contributed by atoms with E-state index in [0.717, 1.165) is 12.2 Å². The molecule has 0 aliphatic carbocycles. The molecular weight excluding hydrogens is 174 g/mol. The molecule has 0 saturated carbocycles. The monoisotopic (exact) mass is 189 g/mol. The number of carbonyl (C=O) groups is 1. The molecule has 3 nitrogen and oxygen atoms in total. The highest BCUT2D eigenvalue weighted by Crippen LogP contribution is 2.29. The second-order valence-corrected chi connectivity index (χ2v) is 4.73. The fraction of sp³-hybridized carbons (Fsp3) is 0.875. The lowest BCUT2D eigenvalue weighted by molar-refractivity contribution is -0.138. The van der Waals surface area contributed by atoms with E-state index in [2.05, 4.69) is 6.92 Å². The minimum Gasteiger partial charge on any atom is -0.480 e. The summed E-state index contributed by atoms with van der Waals surface area (Å²) in [7, 11) is 1.89. The number of hydrogen-bond acceptors (Lipinski definition) is 3. The minimum atomic E-state index is -0.735. The van der Waals surface area contributed by atoms with Gasteiger partial charge in [-0.3, -0.25) is 9.69 Å². The van der Waals surface area contributed by atoms with Crippen LogP contribution in [0.3, 0.4) is 0 Å². The molecule has 0 radical (unpaired) electrons. The highest BCUT2D eigenvalue weighted by Gasteiger charge is 2.28. The average molecular weight is 189 g/mol. The first-order valence-electron chi connectivity index (χ1n) is 4.15. The van der Waals surface area contributed by atoms with Gasteiger partial charge in [0, 0.05) is 11.3 Å². The van der Waals surface area contributed by atoms with Crippen LogP contribution in [0.4, 0.5) is 0 Å². The summed E-state index contributed by atoms with van der Waals surface area (Å²) >= 11 is 1.93. The number of hydrogen-bond donors (Lipinski definition) is 1. The van der Waals surface area contributed by atoms with Gasteiger partial charge in [0.05, 0.1) is 6.54 Å². The van der Waals surface area contributed by atoms with Gasteiger partial charge in [-0.05, 0) is 19.2 Å². The van der Waals surface area contributed by atoms with Crippen molar-refractivity contribution in [2.24, 2.45) is 0 Å². The predicted molar refractivity (Wildman–Crippen MR) is 50.6 cm³/mol. The first kappa shape index (κ1) is 9.86. The van der Waals surface area contributed by atoms with E-state index in [4.69, 9.17) is 5.11 Å². The molecular formula is C8H15NO2S. The zero-order valence-corrected chi connectivity index (χ0v) is 8.30. The van der Waals surface area contributed by atoms with Gasteiger partial charge in [0.1, 0.15) is 0 Å². The number of likely N-dealkylation sites (N-methyl/N-ethyl adjacent to an activating group) is 1. The summed E-state index contributed by atoms with van der Waals surface area (Å²) in [6.07, 6.45) is 1.12. The van der Waals surface area contributed by atoms with Gasteiger partial charge in [0.25, 0.3) is 0 Å². The van der Waals surface area contributed by atoms with E-state index in [9.17, 15) is 4.79 Å². The van der Waals surface area contributed by atoms with E-state index < -0.39 is 5.97 Å². The summed E-state index contributed by atoms with van der Waals surface area (Å²) in [6, 6.07) is 0.450. The summed E-state index contributed by atoms with van der Waals surface area (Å²) in [4.78, 5) is 12.4. The Labute approximate surface area is 77.1 Å². The van der Waals surface area contributed by atoms with E-state index in [1.807, 2.05) is 23.7 Å². The highest BCUT2D eigenvalue weighted by molar-refractivity contribution is 8.00. The van der Waals surface area contributed by atoms with Crippen molar-refractivity contribution in [3.63, 3.8) is 0 Å². The van der Waals surface area contributed by atoms with E-state index >= 15 is 0 Å². The third kappa shape index (κ3) is 2.38. The average Bonchev–Trinajstić information content (AvgIpc) is 2.33. The van der Waals surface area contributed by atoms with Crippen molar-refractivity contribution in [2.75, 3.05) is 19.3 Å². The molecule has 70 valence electrons. The largest absolute Gasteiger partial charge is 0.480 e. The number of aliphatic carboxylic acids is 1. The maximum Gasteiger partial charge on any atom is 0.317 e. The Morgan fingerprint density at radius 1 is 1.75 bits per heavy atom. The molecule has 0 aromatic carbocycles. The van der Waals surface area contributed by atoms with Crippen LogP contribution in [0.2, 0.25) is 0 Å². The van der Waals surface area contributed by atoms with Crippen molar-refractivity contribution in [3.05, 3.63) is 0 Å². The van der Waals surface area contributed by atoms with Crippen molar-refractivity contribution in [2.45, 2.75) is 24.6 Å². The van der Waals surface area contributed by atoms with Crippen LogP contribution < -0.4 is 0 Å². The number of thioether (sulfide) groups is 1. The molecule has 1 aliphatic rings. The van der Waals surface area contributed by atoms with Crippen LogP contribution in [0, 0.1) is 0 Å². The maximum atomic E-state index is 10.4. The molecule has 12 heavy (non-hydrogen) atoms. The summed E-state index contributed by atoms with van der Waals surface area (Å²) in [5.74, 6) is 0.428. The molecule has 1 N–H and O–H groups in total. The van der Waals surface area contributed by atoms with E-state index in [1.54, 1.807) is 0 Å². The van der Waals surface area contributed by atoms with Crippen molar-refractivity contribution in [3.8, 4) is 0 Å². The number of rotatable bonds is 3.